The van der Waals surface area contributed by atoms with E-state index in [2.05, 4.69) is 31.1 Å². The van der Waals surface area contributed by atoms with Crippen molar-refractivity contribution in [3.8, 4) is 16.9 Å². The largest absolute Gasteiger partial charge is 0.342 e. The highest BCUT2D eigenvalue weighted by atomic mass is 35.5. The molecule has 12 heteroatoms. The van der Waals surface area contributed by atoms with Crippen LogP contribution in [0.3, 0.4) is 0 Å². The number of H-pyrrole nitrogens is 1. The minimum atomic E-state index is -0.496. The summed E-state index contributed by atoms with van der Waals surface area (Å²) in [6.45, 7) is 0. The SMILES string of the molecule is O=C(/C=C/c1cc(Cl)ccc1-n1cnnn1)N[C@H]1C/C=C\CCC(=O)Nc2ccccc2-c2nc1[nH]c2Cl. The second-order valence-corrected chi connectivity index (χ2v) is 9.29. The monoisotopic (exact) mass is 548 g/mol. The normalized spacial score (nSPS) is 16.6. The Hall–Kier alpha value is -4.28. The van der Waals surface area contributed by atoms with Gasteiger partial charge in [0, 0.05) is 28.6 Å². The number of nitrogens with zero attached hydrogens (tertiary/aromatic N) is 5. The quantitative estimate of drug-likeness (QED) is 0.245. The van der Waals surface area contributed by atoms with Gasteiger partial charge >= 0.3 is 0 Å². The van der Waals surface area contributed by atoms with Crippen molar-refractivity contribution in [2.45, 2.75) is 25.3 Å². The minimum absolute atomic E-state index is 0.106. The lowest BCUT2D eigenvalue weighted by Gasteiger charge is -2.14. The van der Waals surface area contributed by atoms with Gasteiger partial charge in [0.2, 0.25) is 11.8 Å². The molecule has 0 fully saturated rings. The molecule has 0 unspecified atom stereocenters. The molecule has 1 atom stereocenters. The summed E-state index contributed by atoms with van der Waals surface area (Å²) in [6.07, 6.45) is 9.66. The number of aromatic nitrogens is 6. The average Bonchev–Trinajstić information content (AvgIpc) is 3.57. The van der Waals surface area contributed by atoms with Crippen LogP contribution in [0, 0.1) is 0 Å². The highest BCUT2D eigenvalue weighted by molar-refractivity contribution is 6.32. The van der Waals surface area contributed by atoms with Crippen LogP contribution in [0.5, 0.6) is 0 Å². The van der Waals surface area contributed by atoms with Crippen molar-refractivity contribution < 1.29 is 9.59 Å². The lowest BCUT2D eigenvalue weighted by atomic mass is 10.1. The molecule has 3 N–H and O–H groups in total. The highest BCUT2D eigenvalue weighted by Crippen LogP contribution is 2.33. The van der Waals surface area contributed by atoms with E-state index in [1.54, 1.807) is 30.3 Å². The fraction of sp³-hybridized carbons (Fsp3) is 0.154. The fourth-order valence-corrected chi connectivity index (χ4v) is 4.47. The average molecular weight is 549 g/mol. The number of amides is 2. The first-order valence-corrected chi connectivity index (χ1v) is 12.5. The second kappa shape index (κ2) is 11.4. The Morgan fingerprint density at radius 3 is 2.87 bits per heavy atom. The van der Waals surface area contributed by atoms with Gasteiger partial charge in [-0.25, -0.2) is 4.98 Å². The predicted molar refractivity (Wildman–Crippen MR) is 145 cm³/mol. The number of hydrogen-bond donors (Lipinski definition) is 3. The van der Waals surface area contributed by atoms with Gasteiger partial charge in [0.1, 0.15) is 23.0 Å². The van der Waals surface area contributed by atoms with Crippen LogP contribution in [0.2, 0.25) is 10.2 Å². The molecule has 3 heterocycles. The molecular weight excluding hydrogens is 527 g/mol. The van der Waals surface area contributed by atoms with Gasteiger partial charge in [-0.2, -0.15) is 4.68 Å². The van der Waals surface area contributed by atoms with Crippen molar-refractivity contribution in [2.24, 2.45) is 0 Å². The number of tetrazole rings is 1. The van der Waals surface area contributed by atoms with Crippen molar-refractivity contribution >= 4 is 46.8 Å². The van der Waals surface area contributed by atoms with Crippen LogP contribution in [0.25, 0.3) is 23.0 Å². The molecule has 0 radical (unpaired) electrons. The number of carbonyl (C=O) groups is 2. The molecule has 10 nitrogen and oxygen atoms in total. The standard InChI is InChI=1S/C26H22Cl2N8O2/c27-17-11-12-21(36-15-29-34-35-36)16(14-17)10-13-23(38)31-20-8-2-1-3-9-22(37)30-19-7-5-4-6-18(19)24-25(28)33-26(20)32-24/h1-2,4-7,10-15,20H,3,8-9H2,(H,30,37)(H,31,38)(H,32,33)/b2-1-,13-10+/t20-/m0/s1. The Morgan fingerprint density at radius 1 is 1.16 bits per heavy atom. The summed E-state index contributed by atoms with van der Waals surface area (Å²) in [4.78, 5) is 33.2. The number of halogens is 2. The maximum Gasteiger partial charge on any atom is 0.244 e. The lowest BCUT2D eigenvalue weighted by Crippen LogP contribution is -2.27. The molecule has 1 aliphatic rings. The molecule has 5 rings (SSSR count). The van der Waals surface area contributed by atoms with Crippen molar-refractivity contribution in [3.63, 3.8) is 0 Å². The van der Waals surface area contributed by atoms with Crippen LogP contribution in [-0.2, 0) is 9.59 Å². The first-order valence-electron chi connectivity index (χ1n) is 11.8. The highest BCUT2D eigenvalue weighted by Gasteiger charge is 2.21. The molecule has 2 aromatic heterocycles. The number of imidazole rings is 1. The fourth-order valence-electron chi connectivity index (χ4n) is 4.05. The van der Waals surface area contributed by atoms with Gasteiger partial charge in [0.25, 0.3) is 0 Å². The zero-order chi connectivity index (χ0) is 26.5. The molecular formula is C26H22Cl2N8O2. The van der Waals surface area contributed by atoms with E-state index in [0.29, 0.717) is 63.5 Å². The van der Waals surface area contributed by atoms with Gasteiger partial charge in [-0.1, -0.05) is 53.6 Å². The summed E-state index contributed by atoms with van der Waals surface area (Å²) >= 11 is 12.7. The molecule has 2 bridgehead atoms. The molecule has 192 valence electrons. The van der Waals surface area contributed by atoms with Gasteiger partial charge < -0.3 is 15.6 Å². The topological polar surface area (TPSA) is 130 Å². The zero-order valence-electron chi connectivity index (χ0n) is 19.9. The molecule has 0 spiro atoms. The third-order valence-corrected chi connectivity index (χ3v) is 6.37. The Kier molecular flexibility index (Phi) is 7.62. The Bertz CT molecular complexity index is 1530. The Morgan fingerprint density at radius 2 is 2.03 bits per heavy atom. The first-order chi connectivity index (χ1) is 18.5. The Labute approximate surface area is 227 Å². The lowest BCUT2D eigenvalue weighted by molar-refractivity contribution is -0.117. The van der Waals surface area contributed by atoms with Gasteiger partial charge in [0.15, 0.2) is 0 Å². The maximum absolute atomic E-state index is 13.0. The van der Waals surface area contributed by atoms with Crippen LogP contribution in [0.4, 0.5) is 5.69 Å². The molecule has 1 aliphatic heterocycles. The van der Waals surface area contributed by atoms with Crippen molar-refractivity contribution in [3.05, 3.63) is 88.6 Å². The number of benzene rings is 2. The van der Waals surface area contributed by atoms with E-state index in [-0.39, 0.29) is 11.8 Å². The first kappa shape index (κ1) is 25.4. The second-order valence-electron chi connectivity index (χ2n) is 8.48. The smallest absolute Gasteiger partial charge is 0.244 e. The number of hydrogen-bond acceptors (Lipinski definition) is 6. The number of aromatic amines is 1. The van der Waals surface area contributed by atoms with Crippen molar-refractivity contribution in [2.75, 3.05) is 5.32 Å². The number of anilines is 1. The van der Waals surface area contributed by atoms with Crippen molar-refractivity contribution in [1.29, 1.82) is 0 Å². The van der Waals surface area contributed by atoms with E-state index >= 15 is 0 Å². The Balaban J connectivity index is 1.42. The van der Waals surface area contributed by atoms with Crippen LogP contribution in [0.1, 0.15) is 36.7 Å². The number of allylic oxidation sites excluding steroid dienone is 1. The number of carbonyl (C=O) groups excluding carboxylic acids is 2. The maximum atomic E-state index is 13.0. The van der Waals surface area contributed by atoms with E-state index in [1.807, 2.05) is 30.4 Å². The third-order valence-electron chi connectivity index (χ3n) is 5.86. The third kappa shape index (κ3) is 5.82. The summed E-state index contributed by atoms with van der Waals surface area (Å²) < 4.78 is 1.48. The molecule has 0 saturated heterocycles. The van der Waals surface area contributed by atoms with E-state index in [4.69, 9.17) is 28.2 Å². The number of para-hydroxylation sites is 1. The summed E-state index contributed by atoms with van der Waals surface area (Å²) in [6, 6.07) is 12.0. The van der Waals surface area contributed by atoms with Crippen LogP contribution < -0.4 is 10.6 Å². The van der Waals surface area contributed by atoms with E-state index in [0.717, 1.165) is 0 Å². The number of rotatable bonds is 4. The van der Waals surface area contributed by atoms with E-state index < -0.39 is 6.04 Å². The summed E-state index contributed by atoms with van der Waals surface area (Å²) in [7, 11) is 0. The van der Waals surface area contributed by atoms with Crippen LogP contribution in [-0.4, -0.2) is 42.0 Å². The van der Waals surface area contributed by atoms with Gasteiger partial charge in [0.05, 0.1) is 17.4 Å². The molecule has 0 saturated carbocycles. The summed E-state index contributed by atoms with van der Waals surface area (Å²) in [5.41, 5.74) is 3.11. The van der Waals surface area contributed by atoms with Gasteiger partial charge in [-0.15, -0.1) is 5.10 Å². The minimum Gasteiger partial charge on any atom is -0.342 e. The molecule has 4 aromatic rings. The van der Waals surface area contributed by atoms with Crippen LogP contribution >= 0.6 is 23.2 Å². The molecule has 2 amide bonds. The number of nitrogens with one attached hydrogen (secondary N) is 3. The molecule has 0 aliphatic carbocycles. The van der Waals surface area contributed by atoms with Gasteiger partial charge in [-0.05, 0) is 53.6 Å². The van der Waals surface area contributed by atoms with Crippen LogP contribution in [0.15, 0.2) is 67.0 Å². The van der Waals surface area contributed by atoms with E-state index in [1.165, 1.54) is 17.1 Å². The molecule has 38 heavy (non-hydrogen) atoms. The summed E-state index contributed by atoms with van der Waals surface area (Å²) in [5.74, 6) is 0.0425. The zero-order valence-corrected chi connectivity index (χ0v) is 21.4. The number of fused-ring (bicyclic) bond motifs is 4. The predicted octanol–water partition coefficient (Wildman–Crippen LogP) is 4.91. The van der Waals surface area contributed by atoms with Crippen molar-refractivity contribution in [1.82, 2.24) is 35.5 Å². The molecule has 2 aromatic carbocycles. The van der Waals surface area contributed by atoms with Gasteiger partial charge in [-0.3, -0.25) is 9.59 Å². The summed E-state index contributed by atoms with van der Waals surface area (Å²) in [5, 5.41) is 18.0. The van der Waals surface area contributed by atoms with E-state index in [9.17, 15) is 9.59 Å².